The van der Waals surface area contributed by atoms with Crippen molar-refractivity contribution in [2.24, 2.45) is 11.8 Å². The molecule has 0 bridgehead atoms. The van der Waals surface area contributed by atoms with Crippen LogP contribution in [-0.2, 0) is 20.4 Å². The molecule has 0 aliphatic heterocycles. The minimum atomic E-state index is -1.55. The summed E-state index contributed by atoms with van der Waals surface area (Å²) in [6.45, 7) is 10.2. The van der Waals surface area contributed by atoms with Gasteiger partial charge in [0, 0.05) is 0 Å². The van der Waals surface area contributed by atoms with E-state index in [0.29, 0.717) is 0 Å². The Balaban J connectivity index is 0.00000121. The second-order valence-electron chi connectivity index (χ2n) is 8.68. The maximum Gasteiger partial charge on any atom is -1.00 e. The minimum absolute atomic E-state index is 0. The first kappa shape index (κ1) is 22.9. The van der Waals surface area contributed by atoms with Gasteiger partial charge in [0.1, 0.15) is 0 Å². The zero-order chi connectivity index (χ0) is 16.8. The van der Waals surface area contributed by atoms with Crippen molar-refractivity contribution < 1.29 is 45.2 Å². The summed E-state index contributed by atoms with van der Waals surface area (Å²) in [7, 11) is 0. The van der Waals surface area contributed by atoms with Crippen molar-refractivity contribution in [2.45, 2.75) is 72.7 Å². The van der Waals surface area contributed by atoms with Crippen LogP contribution in [0.4, 0.5) is 0 Å². The van der Waals surface area contributed by atoms with Gasteiger partial charge in [-0.25, -0.2) is 0 Å². The predicted octanol–water partition coefficient (Wildman–Crippen LogP) is 0.814. The second-order valence-corrected chi connectivity index (χ2v) is 26.8. The molecule has 0 aromatic rings. The monoisotopic (exact) mass is 484 g/mol. The maximum atomic E-state index is 2.69. The number of hydrogen-bond donors (Lipinski definition) is 0. The summed E-state index contributed by atoms with van der Waals surface area (Å²) in [6, 6.07) is 0. The van der Waals surface area contributed by atoms with E-state index in [2.05, 4.69) is 51.2 Å². The minimum Gasteiger partial charge on any atom is -1.00 e. The Morgan fingerprint density at radius 2 is 1.23 bits per heavy atom. The standard InChI is InChI=1S/2C10H13.C2H6Si.2ClH.Zr/c2*1-8-4-2-5-9-6-3-7-10(8)9;1-3-2;;;/h2*3,6-8H,2,4-5H2,1H3;1-2H3;2*1H;/q;;;;;+2/p-2. The Kier molecular flexibility index (Phi) is 8.31. The summed E-state index contributed by atoms with van der Waals surface area (Å²) in [5.41, 5.74) is 7.22. The van der Waals surface area contributed by atoms with Gasteiger partial charge < -0.3 is 24.8 Å². The normalized spacial score (nSPS) is 31.7. The van der Waals surface area contributed by atoms with E-state index in [0.717, 1.165) is 19.1 Å². The van der Waals surface area contributed by atoms with Crippen LogP contribution in [0.2, 0.25) is 20.3 Å². The molecule has 4 unspecified atom stereocenters. The van der Waals surface area contributed by atoms with Gasteiger partial charge in [-0.15, -0.1) is 0 Å². The summed E-state index contributed by atoms with van der Waals surface area (Å²) in [4.78, 5) is 0. The van der Waals surface area contributed by atoms with E-state index in [4.69, 9.17) is 0 Å². The molecule has 4 rings (SSSR count). The second kappa shape index (κ2) is 9.43. The molecule has 0 aromatic carbocycles. The van der Waals surface area contributed by atoms with Crippen molar-refractivity contribution >= 4 is 5.43 Å². The van der Waals surface area contributed by atoms with Crippen LogP contribution in [0.15, 0.2) is 46.6 Å². The molecular weight excluding hydrogens is 454 g/mol. The molecule has 26 heavy (non-hydrogen) atoms. The van der Waals surface area contributed by atoms with Gasteiger partial charge in [0.05, 0.1) is 0 Å². The quantitative estimate of drug-likeness (QED) is 0.507. The molecule has 4 aliphatic carbocycles. The summed E-state index contributed by atoms with van der Waals surface area (Å²) in [5.74, 6) is 1.65. The fourth-order valence-corrected chi connectivity index (χ4v) is 25.1. The summed E-state index contributed by atoms with van der Waals surface area (Å²) in [5, 5.41) is 0. The number of rotatable bonds is 2. The molecular formula is C22H32Cl2SiZr. The van der Waals surface area contributed by atoms with Crippen LogP contribution >= 0.6 is 0 Å². The first-order valence-corrected chi connectivity index (χ1v) is 19.1. The summed E-state index contributed by atoms with van der Waals surface area (Å²) < 4.78 is 1.88. The molecule has 0 saturated heterocycles. The van der Waals surface area contributed by atoms with Crippen molar-refractivity contribution in [2.75, 3.05) is 0 Å². The van der Waals surface area contributed by atoms with Crippen LogP contribution in [0, 0.1) is 11.8 Å². The predicted molar refractivity (Wildman–Crippen MR) is 103 cm³/mol. The molecule has 0 fully saturated rings. The molecule has 4 atom stereocenters. The number of halogens is 2. The third kappa shape index (κ3) is 4.00. The SMILES string of the molecule is CC1CCCC2=C1C=C[CH]2[Zr+2]([CH]1C=CC2=C1CCCC2C)=[Si](C)C.[Cl-].[Cl-]. The number of hydrogen-bond acceptors (Lipinski definition) is 0. The molecule has 142 valence electrons. The largest absolute Gasteiger partial charge is 1.00 e. The zero-order valence-electron chi connectivity index (χ0n) is 16.6. The molecule has 0 N–H and O–H groups in total. The third-order valence-electron chi connectivity index (χ3n) is 6.90. The van der Waals surface area contributed by atoms with Gasteiger partial charge in [0.25, 0.3) is 0 Å². The topological polar surface area (TPSA) is 0 Å². The third-order valence-corrected chi connectivity index (χ3v) is 26.2. The van der Waals surface area contributed by atoms with Gasteiger partial charge in [-0.05, 0) is 0 Å². The van der Waals surface area contributed by atoms with Crippen molar-refractivity contribution in [1.82, 2.24) is 0 Å². The fraction of sp³-hybridized carbons (Fsp3) is 0.636. The van der Waals surface area contributed by atoms with Crippen LogP contribution in [0.25, 0.3) is 0 Å². The fourth-order valence-electron chi connectivity index (χ4n) is 5.67. The Bertz CT molecular complexity index is 656. The molecule has 0 spiro atoms. The van der Waals surface area contributed by atoms with Crippen LogP contribution in [0.3, 0.4) is 0 Å². The van der Waals surface area contributed by atoms with Crippen molar-refractivity contribution in [3.8, 4) is 0 Å². The Labute approximate surface area is 180 Å². The van der Waals surface area contributed by atoms with Gasteiger partial charge in [-0.3, -0.25) is 0 Å². The van der Waals surface area contributed by atoms with Crippen LogP contribution in [-0.4, -0.2) is 5.43 Å². The van der Waals surface area contributed by atoms with Gasteiger partial charge in [0.2, 0.25) is 0 Å². The number of allylic oxidation sites excluding steroid dienone is 8. The van der Waals surface area contributed by atoms with Gasteiger partial charge in [0.15, 0.2) is 0 Å². The van der Waals surface area contributed by atoms with Crippen molar-refractivity contribution in [3.63, 3.8) is 0 Å². The van der Waals surface area contributed by atoms with E-state index in [9.17, 15) is 0 Å². The molecule has 0 amide bonds. The van der Waals surface area contributed by atoms with Crippen molar-refractivity contribution in [1.29, 1.82) is 0 Å². The summed E-state index contributed by atoms with van der Waals surface area (Å²) >= 11 is -1.55. The zero-order valence-corrected chi connectivity index (χ0v) is 21.6. The van der Waals surface area contributed by atoms with E-state index in [-0.39, 0.29) is 30.2 Å². The van der Waals surface area contributed by atoms with E-state index in [1.54, 1.807) is 11.1 Å². The molecule has 0 radical (unpaired) electrons. The maximum absolute atomic E-state index is 2.69. The molecule has 0 aromatic heterocycles. The van der Waals surface area contributed by atoms with E-state index >= 15 is 0 Å². The van der Waals surface area contributed by atoms with E-state index in [1.165, 1.54) is 38.5 Å². The smallest absolute Gasteiger partial charge is 1.00 e. The molecule has 0 saturated carbocycles. The van der Waals surface area contributed by atoms with Crippen LogP contribution in [0.1, 0.15) is 52.4 Å². The van der Waals surface area contributed by atoms with Crippen molar-refractivity contribution in [3.05, 3.63) is 46.6 Å². The van der Waals surface area contributed by atoms with Gasteiger partial charge >= 0.3 is 157 Å². The summed E-state index contributed by atoms with van der Waals surface area (Å²) in [6.07, 6.45) is 19.0. The van der Waals surface area contributed by atoms with Gasteiger partial charge in [-0.1, -0.05) is 0 Å². The molecule has 4 aliphatic rings. The molecule has 4 heteroatoms. The molecule has 0 heterocycles. The van der Waals surface area contributed by atoms with Crippen LogP contribution < -0.4 is 24.8 Å². The van der Waals surface area contributed by atoms with Gasteiger partial charge in [-0.2, -0.15) is 0 Å². The molecule has 0 nitrogen and oxygen atoms in total. The average molecular weight is 487 g/mol. The Hall–Kier alpha value is 0.640. The van der Waals surface area contributed by atoms with E-state index in [1.807, 2.05) is 11.1 Å². The first-order chi connectivity index (χ1) is 11.6. The average Bonchev–Trinajstić information content (AvgIpc) is 3.15. The Morgan fingerprint density at radius 1 is 0.808 bits per heavy atom. The van der Waals surface area contributed by atoms with E-state index < -0.39 is 20.4 Å². The van der Waals surface area contributed by atoms with Crippen LogP contribution in [0.5, 0.6) is 0 Å². The first-order valence-electron chi connectivity index (χ1n) is 10.1. The Morgan fingerprint density at radius 3 is 1.62 bits per heavy atom.